The van der Waals surface area contributed by atoms with Gasteiger partial charge in [-0.05, 0) is 36.8 Å². The predicted molar refractivity (Wildman–Crippen MR) is 78.8 cm³/mol. The average Bonchev–Trinajstić information content (AvgIpc) is 2.52. The van der Waals surface area contributed by atoms with Gasteiger partial charge in [-0.25, -0.2) is 4.79 Å². The second-order valence-electron chi connectivity index (χ2n) is 4.55. The molecule has 0 saturated heterocycles. The molecule has 0 aliphatic heterocycles. The molecule has 0 radical (unpaired) electrons. The summed E-state index contributed by atoms with van der Waals surface area (Å²) in [6.07, 6.45) is 0. The van der Waals surface area contributed by atoms with Gasteiger partial charge in [-0.15, -0.1) is 0 Å². The lowest BCUT2D eigenvalue weighted by Gasteiger charge is -2.08. The molecule has 0 unspecified atom stereocenters. The third-order valence-electron chi connectivity index (χ3n) is 3.06. The Labute approximate surface area is 123 Å². The number of ketones is 1. The van der Waals surface area contributed by atoms with Gasteiger partial charge in [-0.3, -0.25) is 4.79 Å². The number of hydrogen-bond donors (Lipinski definition) is 0. The molecule has 4 nitrogen and oxygen atoms in total. The molecule has 2 aromatic rings. The van der Waals surface area contributed by atoms with Crippen LogP contribution in [0.4, 0.5) is 0 Å². The van der Waals surface area contributed by atoms with Gasteiger partial charge in [-0.1, -0.05) is 24.3 Å². The van der Waals surface area contributed by atoms with Crippen LogP contribution in [0.2, 0.25) is 0 Å². The number of para-hydroxylation sites is 1. The molecule has 0 spiro atoms. The zero-order valence-corrected chi connectivity index (χ0v) is 12.0. The average molecular weight is 284 g/mol. The molecule has 0 bridgehead atoms. The maximum absolute atomic E-state index is 12.1. The fraction of sp³-hybridized carbons (Fsp3) is 0.176. The Balaban J connectivity index is 2.07. The maximum Gasteiger partial charge on any atom is 0.337 e. The molecule has 0 N–H and O–H groups in total. The van der Waals surface area contributed by atoms with Crippen LogP contribution in [0.1, 0.15) is 26.3 Å². The maximum atomic E-state index is 12.1. The van der Waals surface area contributed by atoms with Crippen molar-refractivity contribution in [3.8, 4) is 5.75 Å². The van der Waals surface area contributed by atoms with Crippen LogP contribution in [0.25, 0.3) is 0 Å². The Kier molecular flexibility index (Phi) is 4.72. The number of ether oxygens (including phenoxy) is 2. The summed E-state index contributed by atoms with van der Waals surface area (Å²) in [7, 11) is 1.32. The number of Topliss-reactive ketones (excluding diaryl/α,β-unsaturated/α-hetero) is 1. The fourth-order valence-electron chi connectivity index (χ4n) is 1.96. The highest BCUT2D eigenvalue weighted by atomic mass is 16.5. The second kappa shape index (κ2) is 6.70. The first-order chi connectivity index (χ1) is 10.1. The molecule has 0 aromatic heterocycles. The van der Waals surface area contributed by atoms with Crippen LogP contribution >= 0.6 is 0 Å². The zero-order valence-electron chi connectivity index (χ0n) is 12.0. The molecule has 2 aromatic carbocycles. The van der Waals surface area contributed by atoms with E-state index in [4.69, 9.17) is 4.74 Å². The highest BCUT2D eigenvalue weighted by Gasteiger charge is 2.13. The van der Waals surface area contributed by atoms with Crippen LogP contribution < -0.4 is 4.74 Å². The van der Waals surface area contributed by atoms with E-state index < -0.39 is 5.97 Å². The van der Waals surface area contributed by atoms with Crippen molar-refractivity contribution in [1.29, 1.82) is 0 Å². The van der Waals surface area contributed by atoms with Crippen LogP contribution in [-0.2, 0) is 4.74 Å². The third kappa shape index (κ3) is 3.69. The van der Waals surface area contributed by atoms with E-state index in [1.807, 2.05) is 18.2 Å². The molecule has 0 fully saturated rings. The number of methoxy groups -OCH3 is 1. The van der Waals surface area contributed by atoms with Crippen molar-refractivity contribution >= 4 is 11.8 Å². The molecular formula is C17H16O4. The number of rotatable bonds is 5. The first-order valence-electron chi connectivity index (χ1n) is 6.52. The van der Waals surface area contributed by atoms with Crippen molar-refractivity contribution in [3.05, 3.63) is 65.2 Å². The van der Waals surface area contributed by atoms with Crippen molar-refractivity contribution in [3.63, 3.8) is 0 Å². The lowest BCUT2D eigenvalue weighted by Crippen LogP contribution is -2.13. The van der Waals surface area contributed by atoms with E-state index in [1.165, 1.54) is 7.11 Å². The molecule has 0 atom stereocenters. The molecule has 2 rings (SSSR count). The summed E-state index contributed by atoms with van der Waals surface area (Å²) in [4.78, 5) is 23.6. The van der Waals surface area contributed by atoms with Crippen LogP contribution in [0.5, 0.6) is 5.75 Å². The SMILES string of the molecule is COC(=O)c1ccc(C(=O)COc2ccccc2)c(C)c1. The molecule has 0 aliphatic carbocycles. The van der Waals surface area contributed by atoms with E-state index in [1.54, 1.807) is 37.3 Å². The van der Waals surface area contributed by atoms with E-state index in [0.29, 0.717) is 16.9 Å². The quantitative estimate of drug-likeness (QED) is 0.625. The summed E-state index contributed by atoms with van der Waals surface area (Å²) in [6, 6.07) is 14.0. The van der Waals surface area contributed by atoms with E-state index >= 15 is 0 Å². The molecule has 0 heterocycles. The molecule has 4 heteroatoms. The summed E-state index contributed by atoms with van der Waals surface area (Å²) in [5, 5.41) is 0. The number of esters is 1. The van der Waals surface area contributed by atoms with Gasteiger partial charge in [0.05, 0.1) is 12.7 Å². The number of carbonyl (C=O) groups is 2. The topological polar surface area (TPSA) is 52.6 Å². The molecule has 21 heavy (non-hydrogen) atoms. The Hall–Kier alpha value is -2.62. The summed E-state index contributed by atoms with van der Waals surface area (Å²) < 4.78 is 10.1. The number of hydrogen-bond acceptors (Lipinski definition) is 4. The van der Waals surface area contributed by atoms with Crippen LogP contribution in [0.3, 0.4) is 0 Å². The van der Waals surface area contributed by atoms with Crippen LogP contribution in [0.15, 0.2) is 48.5 Å². The normalized spacial score (nSPS) is 10.0. The standard InChI is InChI=1S/C17H16O4/c1-12-10-13(17(19)20-2)8-9-15(12)16(18)11-21-14-6-4-3-5-7-14/h3-10H,11H2,1-2H3. The lowest BCUT2D eigenvalue weighted by atomic mass is 10.0. The number of carbonyl (C=O) groups excluding carboxylic acids is 2. The van der Waals surface area contributed by atoms with Crippen LogP contribution in [-0.4, -0.2) is 25.5 Å². The summed E-state index contributed by atoms with van der Waals surface area (Å²) in [5.41, 5.74) is 1.69. The smallest absolute Gasteiger partial charge is 0.337 e. The molecular weight excluding hydrogens is 268 g/mol. The first kappa shape index (κ1) is 14.8. The van der Waals surface area contributed by atoms with Crippen molar-refractivity contribution < 1.29 is 19.1 Å². The fourth-order valence-corrected chi connectivity index (χ4v) is 1.96. The van der Waals surface area contributed by atoms with E-state index in [0.717, 1.165) is 5.56 Å². The minimum atomic E-state index is -0.419. The summed E-state index contributed by atoms with van der Waals surface area (Å²) >= 11 is 0. The lowest BCUT2D eigenvalue weighted by molar-refractivity contribution is 0.0600. The molecule has 108 valence electrons. The third-order valence-corrected chi connectivity index (χ3v) is 3.06. The van der Waals surface area contributed by atoms with Gasteiger partial charge in [0.15, 0.2) is 12.4 Å². The minimum absolute atomic E-state index is 0.0393. The Morgan fingerprint density at radius 1 is 1.05 bits per heavy atom. The number of aryl methyl sites for hydroxylation is 1. The Bertz CT molecular complexity index is 647. The monoisotopic (exact) mass is 284 g/mol. The first-order valence-corrected chi connectivity index (χ1v) is 6.52. The minimum Gasteiger partial charge on any atom is -0.485 e. The van der Waals surface area contributed by atoms with Gasteiger partial charge >= 0.3 is 5.97 Å². The van der Waals surface area contributed by atoms with Crippen molar-refractivity contribution in [2.24, 2.45) is 0 Å². The highest BCUT2D eigenvalue weighted by molar-refractivity contribution is 6.00. The number of benzene rings is 2. The summed E-state index contributed by atoms with van der Waals surface area (Å²) in [6.45, 7) is 1.74. The van der Waals surface area contributed by atoms with E-state index in [-0.39, 0.29) is 12.4 Å². The zero-order chi connectivity index (χ0) is 15.2. The van der Waals surface area contributed by atoms with Crippen molar-refractivity contribution in [2.75, 3.05) is 13.7 Å². The van der Waals surface area contributed by atoms with E-state index in [2.05, 4.69) is 4.74 Å². The second-order valence-corrected chi connectivity index (χ2v) is 4.55. The van der Waals surface area contributed by atoms with Crippen molar-refractivity contribution in [2.45, 2.75) is 6.92 Å². The van der Waals surface area contributed by atoms with Gasteiger partial charge in [0.25, 0.3) is 0 Å². The van der Waals surface area contributed by atoms with Gasteiger partial charge in [0, 0.05) is 5.56 Å². The van der Waals surface area contributed by atoms with Gasteiger partial charge < -0.3 is 9.47 Å². The molecule has 0 saturated carbocycles. The van der Waals surface area contributed by atoms with E-state index in [9.17, 15) is 9.59 Å². The predicted octanol–water partition coefficient (Wildman–Crippen LogP) is 3.04. The molecule has 0 amide bonds. The Morgan fingerprint density at radius 3 is 2.38 bits per heavy atom. The van der Waals surface area contributed by atoms with Gasteiger partial charge in [0.2, 0.25) is 0 Å². The summed E-state index contributed by atoms with van der Waals surface area (Å²) in [5.74, 6) is 0.0973. The Morgan fingerprint density at radius 2 is 1.76 bits per heavy atom. The molecule has 0 aliphatic rings. The highest BCUT2D eigenvalue weighted by Crippen LogP contribution is 2.14. The van der Waals surface area contributed by atoms with Gasteiger partial charge in [-0.2, -0.15) is 0 Å². The van der Waals surface area contributed by atoms with Crippen LogP contribution in [0, 0.1) is 6.92 Å². The largest absolute Gasteiger partial charge is 0.485 e. The van der Waals surface area contributed by atoms with Crippen molar-refractivity contribution in [1.82, 2.24) is 0 Å². The van der Waals surface area contributed by atoms with Gasteiger partial charge in [0.1, 0.15) is 5.75 Å².